The van der Waals surface area contributed by atoms with Crippen LogP contribution in [0.25, 0.3) is 0 Å². The van der Waals surface area contributed by atoms with Crippen LogP contribution in [0.3, 0.4) is 0 Å². The van der Waals surface area contributed by atoms with Crippen LogP contribution in [0.1, 0.15) is 9.88 Å². The molecule has 0 unspecified atom stereocenters. The van der Waals surface area contributed by atoms with Crippen LogP contribution in [0, 0.1) is 6.92 Å². The van der Waals surface area contributed by atoms with E-state index in [0.29, 0.717) is 6.54 Å². The van der Waals surface area contributed by atoms with Gasteiger partial charge in [-0.1, -0.05) is 11.6 Å². The van der Waals surface area contributed by atoms with Gasteiger partial charge >= 0.3 is 0 Å². The Morgan fingerprint density at radius 2 is 2.29 bits per heavy atom. The van der Waals surface area contributed by atoms with E-state index in [4.69, 9.17) is 16.3 Å². The molecule has 17 heavy (non-hydrogen) atoms. The van der Waals surface area contributed by atoms with E-state index in [2.05, 4.69) is 9.97 Å². The highest BCUT2D eigenvalue weighted by Crippen LogP contribution is 2.16. The minimum atomic E-state index is -0.293. The summed E-state index contributed by atoms with van der Waals surface area (Å²) in [5.74, 6) is 0.0652. The van der Waals surface area contributed by atoms with Crippen LogP contribution in [-0.2, 0) is 6.54 Å². The number of ether oxygens (including phenoxy) is 1. The van der Waals surface area contributed by atoms with Crippen molar-refractivity contribution in [3.8, 4) is 5.75 Å². The van der Waals surface area contributed by atoms with E-state index in [9.17, 15) is 4.79 Å². The molecule has 0 fully saturated rings. The molecule has 2 heterocycles. The Labute approximate surface area is 107 Å². The lowest BCUT2D eigenvalue weighted by molar-refractivity contribution is 0.401. The van der Waals surface area contributed by atoms with E-state index < -0.39 is 0 Å². The summed E-state index contributed by atoms with van der Waals surface area (Å²) in [6, 6.07) is 0. The quantitative estimate of drug-likeness (QED) is 0.798. The molecule has 0 amide bonds. The van der Waals surface area contributed by atoms with Gasteiger partial charge in [0.1, 0.15) is 0 Å². The lowest BCUT2D eigenvalue weighted by Crippen LogP contribution is -2.22. The molecule has 5 nitrogen and oxygen atoms in total. The number of thiazole rings is 1. The molecule has 0 saturated carbocycles. The zero-order valence-corrected chi connectivity index (χ0v) is 10.9. The molecule has 2 rings (SSSR count). The van der Waals surface area contributed by atoms with Gasteiger partial charge in [0.05, 0.1) is 25.0 Å². The standard InChI is InChI=1S/C10H10ClN3O2S/c1-6-12-3-7(17-6)4-14-5-13-9(11)8(16-2)10(14)15/h3,5H,4H2,1-2H3. The minimum absolute atomic E-state index is 0.0652. The summed E-state index contributed by atoms with van der Waals surface area (Å²) >= 11 is 7.29. The Hall–Kier alpha value is -1.40. The molecule has 7 heteroatoms. The van der Waals surface area contributed by atoms with Crippen molar-refractivity contribution in [2.24, 2.45) is 0 Å². The first-order valence-electron chi connectivity index (χ1n) is 4.82. The molecule has 0 aliphatic heterocycles. The number of rotatable bonds is 3. The van der Waals surface area contributed by atoms with Crippen LogP contribution >= 0.6 is 22.9 Å². The molecule has 0 N–H and O–H groups in total. The maximum Gasteiger partial charge on any atom is 0.297 e. The minimum Gasteiger partial charge on any atom is -0.489 e. The average molecular weight is 272 g/mol. The van der Waals surface area contributed by atoms with Crippen LogP contribution in [-0.4, -0.2) is 21.6 Å². The Morgan fingerprint density at radius 3 is 2.88 bits per heavy atom. The third-order valence-corrected chi connectivity index (χ3v) is 3.32. The van der Waals surface area contributed by atoms with E-state index in [0.717, 1.165) is 9.88 Å². The summed E-state index contributed by atoms with van der Waals surface area (Å²) in [6.07, 6.45) is 3.15. The SMILES string of the molecule is COc1c(Cl)ncn(Cc2cnc(C)s2)c1=O. The topological polar surface area (TPSA) is 57.0 Å². The molecule has 0 saturated heterocycles. The maximum absolute atomic E-state index is 11.9. The predicted molar refractivity (Wildman–Crippen MR) is 66.0 cm³/mol. The molecule has 0 atom stereocenters. The zero-order chi connectivity index (χ0) is 12.4. The van der Waals surface area contributed by atoms with Gasteiger partial charge < -0.3 is 4.74 Å². The summed E-state index contributed by atoms with van der Waals surface area (Å²) in [4.78, 5) is 20.9. The molecule has 0 radical (unpaired) electrons. The maximum atomic E-state index is 11.9. The second kappa shape index (κ2) is 4.85. The van der Waals surface area contributed by atoms with Crippen LogP contribution in [0.5, 0.6) is 5.75 Å². The molecule has 0 spiro atoms. The number of aryl methyl sites for hydroxylation is 1. The van der Waals surface area contributed by atoms with E-state index >= 15 is 0 Å². The molecular formula is C10H10ClN3O2S. The fourth-order valence-electron chi connectivity index (χ4n) is 1.38. The van der Waals surface area contributed by atoms with Gasteiger partial charge in [-0.2, -0.15) is 0 Å². The summed E-state index contributed by atoms with van der Waals surface area (Å²) in [5, 5.41) is 1.04. The highest BCUT2D eigenvalue weighted by atomic mass is 35.5. The molecule has 2 aromatic rings. The van der Waals surface area contributed by atoms with Crippen molar-refractivity contribution in [2.75, 3.05) is 7.11 Å². The van der Waals surface area contributed by atoms with E-state index in [1.807, 2.05) is 6.92 Å². The van der Waals surface area contributed by atoms with Crippen molar-refractivity contribution in [2.45, 2.75) is 13.5 Å². The lowest BCUT2D eigenvalue weighted by Gasteiger charge is -2.06. The molecular weight excluding hydrogens is 262 g/mol. The fourth-order valence-corrected chi connectivity index (χ4v) is 2.38. The monoisotopic (exact) mass is 271 g/mol. The molecule has 0 aromatic carbocycles. The molecule has 0 aliphatic carbocycles. The summed E-state index contributed by atoms with van der Waals surface area (Å²) < 4.78 is 6.36. The largest absolute Gasteiger partial charge is 0.489 e. The summed E-state index contributed by atoms with van der Waals surface area (Å²) in [6.45, 7) is 2.34. The van der Waals surface area contributed by atoms with Gasteiger partial charge in [-0.3, -0.25) is 9.36 Å². The Kier molecular flexibility index (Phi) is 3.44. The second-order valence-corrected chi connectivity index (χ2v) is 5.02. The summed E-state index contributed by atoms with van der Waals surface area (Å²) in [7, 11) is 1.39. The first-order chi connectivity index (χ1) is 8.11. The number of aromatic nitrogens is 3. The highest BCUT2D eigenvalue weighted by Gasteiger charge is 2.11. The third kappa shape index (κ3) is 2.48. The number of halogens is 1. The lowest BCUT2D eigenvalue weighted by atomic mass is 10.5. The van der Waals surface area contributed by atoms with Crippen molar-refractivity contribution < 1.29 is 4.74 Å². The van der Waals surface area contributed by atoms with E-state index in [1.54, 1.807) is 6.20 Å². The molecule has 90 valence electrons. The van der Waals surface area contributed by atoms with Crippen molar-refractivity contribution in [1.82, 2.24) is 14.5 Å². The van der Waals surface area contributed by atoms with Crippen LogP contribution < -0.4 is 10.3 Å². The first kappa shape index (κ1) is 12.1. The Balaban J connectivity index is 2.37. The van der Waals surface area contributed by atoms with Gasteiger partial charge in [0.25, 0.3) is 5.56 Å². The number of hydrogen-bond donors (Lipinski definition) is 0. The Bertz CT molecular complexity index is 593. The van der Waals surface area contributed by atoms with Gasteiger partial charge in [0.2, 0.25) is 5.75 Å². The number of hydrogen-bond acceptors (Lipinski definition) is 5. The highest BCUT2D eigenvalue weighted by molar-refractivity contribution is 7.11. The summed E-state index contributed by atoms with van der Waals surface area (Å²) in [5.41, 5.74) is -0.293. The first-order valence-corrected chi connectivity index (χ1v) is 6.01. The van der Waals surface area contributed by atoms with Gasteiger partial charge in [0, 0.05) is 11.1 Å². The molecule has 0 aliphatic rings. The van der Waals surface area contributed by atoms with E-state index in [1.165, 1.54) is 29.3 Å². The van der Waals surface area contributed by atoms with Crippen LogP contribution in [0.2, 0.25) is 5.15 Å². The molecule has 0 bridgehead atoms. The van der Waals surface area contributed by atoms with Crippen molar-refractivity contribution in [3.63, 3.8) is 0 Å². The van der Waals surface area contributed by atoms with Crippen molar-refractivity contribution in [3.05, 3.63) is 37.9 Å². The third-order valence-electron chi connectivity index (χ3n) is 2.15. The van der Waals surface area contributed by atoms with Gasteiger partial charge in [-0.15, -0.1) is 11.3 Å². The van der Waals surface area contributed by atoms with E-state index in [-0.39, 0.29) is 16.5 Å². The fraction of sp³-hybridized carbons (Fsp3) is 0.300. The smallest absolute Gasteiger partial charge is 0.297 e. The second-order valence-electron chi connectivity index (χ2n) is 3.35. The van der Waals surface area contributed by atoms with Crippen molar-refractivity contribution >= 4 is 22.9 Å². The zero-order valence-electron chi connectivity index (χ0n) is 9.31. The van der Waals surface area contributed by atoms with Gasteiger partial charge in [-0.05, 0) is 6.92 Å². The average Bonchev–Trinajstić information content (AvgIpc) is 2.69. The van der Waals surface area contributed by atoms with Gasteiger partial charge in [0.15, 0.2) is 5.15 Å². The molecule has 2 aromatic heterocycles. The number of nitrogens with zero attached hydrogens (tertiary/aromatic N) is 3. The Morgan fingerprint density at radius 1 is 1.53 bits per heavy atom. The van der Waals surface area contributed by atoms with Crippen LogP contribution in [0.4, 0.5) is 0 Å². The van der Waals surface area contributed by atoms with Crippen LogP contribution in [0.15, 0.2) is 17.3 Å². The van der Waals surface area contributed by atoms with Gasteiger partial charge in [-0.25, -0.2) is 9.97 Å². The van der Waals surface area contributed by atoms with Crippen molar-refractivity contribution in [1.29, 1.82) is 0 Å². The normalized spacial score (nSPS) is 10.5. The number of methoxy groups -OCH3 is 1. The predicted octanol–water partition coefficient (Wildman–Crippen LogP) is 1.72.